The minimum atomic E-state index is -0.521. The molecule has 0 radical (unpaired) electrons. The smallest absolute Gasteiger partial charge is 0.261 e. The highest BCUT2D eigenvalue weighted by atomic mass is 16.5. The summed E-state index contributed by atoms with van der Waals surface area (Å²) in [6, 6.07) is 14.2. The van der Waals surface area contributed by atoms with E-state index in [9.17, 15) is 4.79 Å². The summed E-state index contributed by atoms with van der Waals surface area (Å²) in [6.45, 7) is 8.61. The molecule has 0 aliphatic rings. The molecule has 1 amide bonds. The number of benzene rings is 2. The quantitative estimate of drug-likeness (QED) is 0.828. The van der Waals surface area contributed by atoms with E-state index in [1.165, 1.54) is 22.3 Å². The normalized spacial score (nSPS) is 11.8. The first-order valence-electron chi connectivity index (χ1n) is 8.65. The molecule has 3 heteroatoms. The number of carbonyl (C=O) groups excluding carboxylic acids is 1. The van der Waals surface area contributed by atoms with Gasteiger partial charge in [-0.2, -0.15) is 0 Å². The van der Waals surface area contributed by atoms with E-state index < -0.39 is 6.10 Å². The van der Waals surface area contributed by atoms with Crippen molar-refractivity contribution < 1.29 is 9.53 Å². The largest absolute Gasteiger partial charge is 0.481 e. The van der Waals surface area contributed by atoms with Crippen molar-refractivity contribution in [1.82, 2.24) is 5.32 Å². The van der Waals surface area contributed by atoms with E-state index in [0.717, 1.165) is 12.8 Å². The van der Waals surface area contributed by atoms with E-state index >= 15 is 0 Å². The number of carbonyl (C=O) groups is 1. The molecule has 0 aromatic heterocycles. The Morgan fingerprint density at radius 3 is 2.38 bits per heavy atom. The third-order valence-electron chi connectivity index (χ3n) is 4.22. The number of rotatable bonds is 7. The number of hydrogen-bond donors (Lipinski definition) is 1. The van der Waals surface area contributed by atoms with Crippen LogP contribution in [0.25, 0.3) is 0 Å². The Balaban J connectivity index is 1.95. The van der Waals surface area contributed by atoms with Gasteiger partial charge >= 0.3 is 0 Å². The monoisotopic (exact) mass is 325 g/mol. The number of nitrogens with one attached hydrogen (secondary N) is 1. The summed E-state index contributed by atoms with van der Waals surface area (Å²) in [5.74, 6) is 0.616. The average molecular weight is 325 g/mol. The van der Waals surface area contributed by atoms with E-state index in [0.29, 0.717) is 12.3 Å². The van der Waals surface area contributed by atoms with Crippen molar-refractivity contribution in [3.05, 3.63) is 64.7 Å². The second-order valence-electron chi connectivity index (χ2n) is 6.10. The van der Waals surface area contributed by atoms with E-state index in [-0.39, 0.29) is 5.91 Å². The van der Waals surface area contributed by atoms with E-state index in [4.69, 9.17) is 4.74 Å². The average Bonchev–Trinajstić information content (AvgIpc) is 2.61. The van der Waals surface area contributed by atoms with Gasteiger partial charge in [-0.15, -0.1) is 0 Å². The van der Waals surface area contributed by atoms with Gasteiger partial charge in [-0.25, -0.2) is 0 Å². The van der Waals surface area contributed by atoms with Gasteiger partial charge in [-0.1, -0.05) is 49.7 Å². The lowest BCUT2D eigenvalue weighted by Gasteiger charge is -2.16. The van der Waals surface area contributed by atoms with Crippen LogP contribution in [0.15, 0.2) is 42.5 Å². The van der Waals surface area contributed by atoms with Crippen molar-refractivity contribution in [3.8, 4) is 5.75 Å². The Bertz CT molecular complexity index is 677. The SMILES string of the molecule is CCc1ccc(CC)c(CNC(=O)[C@@H](C)Oc2ccc(C)cc2)c1. The predicted molar refractivity (Wildman–Crippen MR) is 98.3 cm³/mol. The second-order valence-corrected chi connectivity index (χ2v) is 6.10. The van der Waals surface area contributed by atoms with Gasteiger partial charge < -0.3 is 10.1 Å². The molecule has 24 heavy (non-hydrogen) atoms. The lowest BCUT2D eigenvalue weighted by Crippen LogP contribution is -2.36. The second kappa shape index (κ2) is 8.53. The molecule has 2 aromatic carbocycles. The Kier molecular flexibility index (Phi) is 6.42. The number of hydrogen-bond acceptors (Lipinski definition) is 2. The summed E-state index contributed by atoms with van der Waals surface area (Å²) in [6.07, 6.45) is 1.44. The molecule has 0 aliphatic heterocycles. The Hall–Kier alpha value is -2.29. The third-order valence-corrected chi connectivity index (χ3v) is 4.22. The molecule has 3 nitrogen and oxygen atoms in total. The van der Waals surface area contributed by atoms with E-state index in [2.05, 4.69) is 37.4 Å². The molecular formula is C21H27NO2. The van der Waals surface area contributed by atoms with Crippen LogP contribution in [0.2, 0.25) is 0 Å². The van der Waals surface area contributed by atoms with Crippen LogP contribution in [-0.2, 0) is 24.2 Å². The van der Waals surface area contributed by atoms with Gasteiger partial charge in [0.2, 0.25) is 0 Å². The van der Waals surface area contributed by atoms with E-state index in [1.54, 1.807) is 6.92 Å². The zero-order valence-electron chi connectivity index (χ0n) is 15.1. The van der Waals surface area contributed by atoms with Gasteiger partial charge in [-0.05, 0) is 55.5 Å². The van der Waals surface area contributed by atoms with Crippen LogP contribution >= 0.6 is 0 Å². The van der Waals surface area contributed by atoms with Crippen molar-refractivity contribution in [3.63, 3.8) is 0 Å². The molecule has 1 atom stereocenters. The van der Waals surface area contributed by atoms with Gasteiger partial charge in [0.15, 0.2) is 6.10 Å². The van der Waals surface area contributed by atoms with Gasteiger partial charge in [0.1, 0.15) is 5.75 Å². The highest BCUT2D eigenvalue weighted by Crippen LogP contribution is 2.15. The molecule has 0 bridgehead atoms. The Morgan fingerprint density at radius 1 is 1.04 bits per heavy atom. The Labute approximate surface area is 145 Å². The van der Waals surface area contributed by atoms with Crippen LogP contribution in [0.1, 0.15) is 43.0 Å². The molecule has 128 valence electrons. The van der Waals surface area contributed by atoms with Crippen LogP contribution in [0.4, 0.5) is 0 Å². The third kappa shape index (κ3) is 4.85. The highest BCUT2D eigenvalue weighted by Gasteiger charge is 2.15. The van der Waals surface area contributed by atoms with E-state index in [1.807, 2.05) is 31.2 Å². The first-order chi connectivity index (χ1) is 11.5. The summed E-state index contributed by atoms with van der Waals surface area (Å²) in [4.78, 5) is 12.3. The van der Waals surface area contributed by atoms with Crippen LogP contribution in [-0.4, -0.2) is 12.0 Å². The van der Waals surface area contributed by atoms with Crippen LogP contribution in [0.3, 0.4) is 0 Å². The van der Waals surface area contributed by atoms with Crippen molar-refractivity contribution >= 4 is 5.91 Å². The fourth-order valence-electron chi connectivity index (χ4n) is 2.61. The molecule has 0 fully saturated rings. The number of amides is 1. The zero-order valence-corrected chi connectivity index (χ0v) is 15.1. The van der Waals surface area contributed by atoms with Crippen LogP contribution < -0.4 is 10.1 Å². The molecule has 0 unspecified atom stereocenters. The lowest BCUT2D eigenvalue weighted by atomic mass is 10.0. The summed E-state index contributed by atoms with van der Waals surface area (Å²) in [7, 11) is 0. The topological polar surface area (TPSA) is 38.3 Å². The molecule has 0 saturated carbocycles. The molecule has 1 N–H and O–H groups in total. The fourth-order valence-corrected chi connectivity index (χ4v) is 2.61. The van der Waals surface area contributed by atoms with Gasteiger partial charge in [0, 0.05) is 6.54 Å². The molecule has 0 saturated heterocycles. The summed E-state index contributed by atoms with van der Waals surface area (Å²) in [5.41, 5.74) is 4.93. The minimum absolute atomic E-state index is 0.0977. The molecule has 0 aliphatic carbocycles. The van der Waals surface area contributed by atoms with Gasteiger partial charge in [-0.3, -0.25) is 4.79 Å². The Morgan fingerprint density at radius 2 is 1.75 bits per heavy atom. The summed E-state index contributed by atoms with van der Waals surface area (Å²) < 4.78 is 5.71. The maximum Gasteiger partial charge on any atom is 0.261 e. The molecule has 2 rings (SSSR count). The van der Waals surface area contributed by atoms with Crippen LogP contribution in [0, 0.1) is 6.92 Å². The highest BCUT2D eigenvalue weighted by molar-refractivity contribution is 5.80. The fraction of sp³-hybridized carbons (Fsp3) is 0.381. The van der Waals surface area contributed by atoms with Gasteiger partial charge in [0.05, 0.1) is 0 Å². The summed E-state index contributed by atoms with van der Waals surface area (Å²) in [5, 5.41) is 2.99. The molecule has 0 spiro atoms. The van der Waals surface area contributed by atoms with Crippen molar-refractivity contribution in [2.45, 2.75) is 53.2 Å². The maximum atomic E-state index is 12.3. The van der Waals surface area contributed by atoms with Crippen molar-refractivity contribution in [2.75, 3.05) is 0 Å². The standard InChI is InChI=1S/C21H27NO2/c1-5-17-9-10-18(6-2)19(13-17)14-22-21(23)16(4)24-20-11-7-15(3)8-12-20/h7-13,16H,5-6,14H2,1-4H3,(H,22,23)/t16-/m1/s1. The van der Waals surface area contributed by atoms with Gasteiger partial charge in [0.25, 0.3) is 5.91 Å². The first-order valence-corrected chi connectivity index (χ1v) is 8.65. The predicted octanol–water partition coefficient (Wildman–Crippen LogP) is 4.20. The maximum absolute atomic E-state index is 12.3. The molecule has 0 heterocycles. The zero-order chi connectivity index (χ0) is 17.5. The van der Waals surface area contributed by atoms with Crippen molar-refractivity contribution in [2.24, 2.45) is 0 Å². The number of ether oxygens (including phenoxy) is 1. The first kappa shape index (κ1) is 18.1. The minimum Gasteiger partial charge on any atom is -0.481 e. The lowest BCUT2D eigenvalue weighted by molar-refractivity contribution is -0.127. The van der Waals surface area contributed by atoms with Crippen LogP contribution in [0.5, 0.6) is 5.75 Å². The number of aryl methyl sites for hydroxylation is 3. The molecular weight excluding hydrogens is 298 g/mol. The van der Waals surface area contributed by atoms with Crippen molar-refractivity contribution in [1.29, 1.82) is 0 Å². The molecule has 2 aromatic rings. The summed E-state index contributed by atoms with van der Waals surface area (Å²) >= 11 is 0.